The number of aliphatic hydroxyl groups is 1. The number of hydrogen-bond donors (Lipinski definition) is 1. The second-order valence-corrected chi connectivity index (χ2v) is 24.0. The van der Waals surface area contributed by atoms with E-state index in [4.69, 9.17) is 0 Å². The summed E-state index contributed by atoms with van der Waals surface area (Å²) in [4.78, 5) is 17.1. The van der Waals surface area contributed by atoms with Crippen molar-refractivity contribution in [1.82, 2.24) is 0 Å². The Balaban J connectivity index is 0.877. The molecule has 8 aliphatic carbocycles. The van der Waals surface area contributed by atoms with E-state index in [0.717, 1.165) is 5.56 Å². The molecule has 0 aromatic heterocycles. The summed E-state index contributed by atoms with van der Waals surface area (Å²) in [6.07, 6.45) is 49.4. The molecule has 6 fully saturated rings. The van der Waals surface area contributed by atoms with Crippen LogP contribution >= 0.6 is 0 Å². The number of aliphatic hydroxyl groups excluding tert-OH is 1. The van der Waals surface area contributed by atoms with Crippen LogP contribution in [0.4, 0.5) is 17.1 Å². The van der Waals surface area contributed by atoms with Crippen LogP contribution in [0.3, 0.4) is 0 Å². The smallest absolute Gasteiger partial charge is 0.205 e. The van der Waals surface area contributed by atoms with E-state index in [1.54, 1.807) is 0 Å². The Morgan fingerprint density at radius 1 is 0.457 bits per heavy atom. The molecule has 1 N–H and O–H groups in total. The summed E-state index contributed by atoms with van der Waals surface area (Å²) in [5.41, 5.74) is 9.53. The van der Waals surface area contributed by atoms with Gasteiger partial charge in [0.05, 0.1) is 11.5 Å². The maximum atomic E-state index is 14.4. The first-order chi connectivity index (χ1) is 34.6. The fourth-order valence-corrected chi connectivity index (χ4v) is 16.0. The van der Waals surface area contributed by atoms with Gasteiger partial charge in [0.25, 0.3) is 0 Å². The van der Waals surface area contributed by atoms with Gasteiger partial charge in [0, 0.05) is 59.5 Å². The Hall–Kier alpha value is -4.18. The van der Waals surface area contributed by atoms with Crippen LogP contribution in [-0.2, 0) is 4.79 Å². The van der Waals surface area contributed by atoms with Gasteiger partial charge in [0.2, 0.25) is 11.4 Å². The number of allylic oxidation sites excluding steroid dienone is 6. The molecule has 0 bridgehead atoms. The van der Waals surface area contributed by atoms with E-state index in [1.165, 1.54) is 227 Å². The van der Waals surface area contributed by atoms with Crippen molar-refractivity contribution in [1.29, 1.82) is 0 Å². The van der Waals surface area contributed by atoms with E-state index in [1.807, 2.05) is 0 Å². The quantitative estimate of drug-likeness (QED) is 0.174. The number of ketones is 1. The molecule has 0 heterocycles. The fraction of sp³-hybridized carbons (Fsp3) is 0.606. The normalized spacial score (nSPS) is 25.2. The zero-order valence-electron chi connectivity index (χ0n) is 43.0. The number of carbonyl (C=O) groups excluding carboxylic acids is 1. The highest BCUT2D eigenvalue weighted by Gasteiger charge is 2.46. The molecule has 4 heteroatoms. The summed E-state index contributed by atoms with van der Waals surface area (Å²) >= 11 is 0. The predicted molar refractivity (Wildman–Crippen MR) is 292 cm³/mol. The minimum atomic E-state index is -0.527. The number of carbonyl (C=O) groups is 1. The van der Waals surface area contributed by atoms with E-state index in [0.29, 0.717) is 53.2 Å². The van der Waals surface area contributed by atoms with E-state index in [-0.39, 0.29) is 17.5 Å². The van der Waals surface area contributed by atoms with E-state index in [2.05, 4.69) is 107 Å². The van der Waals surface area contributed by atoms with Crippen LogP contribution in [0.15, 0.2) is 103 Å². The van der Waals surface area contributed by atoms with Gasteiger partial charge >= 0.3 is 0 Å². The van der Waals surface area contributed by atoms with Crippen molar-refractivity contribution in [3.05, 3.63) is 120 Å². The van der Waals surface area contributed by atoms with Crippen LogP contribution in [0.25, 0.3) is 5.57 Å². The van der Waals surface area contributed by atoms with Crippen LogP contribution in [0, 0.1) is 35.5 Å². The van der Waals surface area contributed by atoms with Gasteiger partial charge in [-0.25, -0.2) is 0 Å². The lowest BCUT2D eigenvalue weighted by Gasteiger charge is -2.46. The Labute approximate surface area is 423 Å². The second kappa shape index (κ2) is 22.7. The van der Waals surface area contributed by atoms with Gasteiger partial charge < -0.3 is 10.0 Å². The van der Waals surface area contributed by atoms with Gasteiger partial charge in [-0.05, 0) is 142 Å². The Kier molecular flexibility index (Phi) is 15.6. The number of anilines is 2. The summed E-state index contributed by atoms with van der Waals surface area (Å²) in [5, 5.41) is 11.9. The predicted octanol–water partition coefficient (Wildman–Crippen LogP) is 18.0. The first-order valence-electron chi connectivity index (χ1n) is 29.7. The molecule has 0 aliphatic heterocycles. The SMILES string of the molecule is O=C1C(c2ccc(N(c3ccc(C4CCCCC4)cc3)C(C3CCCCC3)C3CCCCC3)cc2)=C(O)C1C1C=CC(=[N+](c2ccc(C3CCCCC3)cc2)C(C2CCCCC2)C2CCCCC2)C=C1. The van der Waals surface area contributed by atoms with Crippen LogP contribution in [0.2, 0.25) is 0 Å². The van der Waals surface area contributed by atoms with Crippen LogP contribution in [0.5, 0.6) is 0 Å². The molecule has 70 heavy (non-hydrogen) atoms. The molecule has 8 aliphatic rings. The fourth-order valence-electron chi connectivity index (χ4n) is 16.0. The van der Waals surface area contributed by atoms with Gasteiger partial charge in [-0.15, -0.1) is 0 Å². The largest absolute Gasteiger partial charge is 0.511 e. The van der Waals surface area contributed by atoms with Gasteiger partial charge in [0.1, 0.15) is 5.76 Å². The zero-order valence-corrected chi connectivity index (χ0v) is 43.0. The first kappa shape index (κ1) is 48.1. The molecule has 372 valence electrons. The third-order valence-corrected chi connectivity index (χ3v) is 19.8. The number of Topliss-reactive ketones (excluding diaryl/α,β-unsaturated/α-hetero) is 1. The van der Waals surface area contributed by atoms with Gasteiger partial charge in [-0.1, -0.05) is 164 Å². The molecule has 0 spiro atoms. The van der Waals surface area contributed by atoms with Crippen LogP contribution in [0.1, 0.15) is 221 Å². The molecule has 1 unspecified atom stereocenters. The highest BCUT2D eigenvalue weighted by molar-refractivity contribution is 6.30. The van der Waals surface area contributed by atoms with Gasteiger partial charge in [0.15, 0.2) is 11.8 Å². The minimum absolute atomic E-state index is 0.0721. The van der Waals surface area contributed by atoms with Crippen molar-refractivity contribution in [3.8, 4) is 0 Å². The lowest BCUT2D eigenvalue weighted by molar-refractivity contribution is -0.508. The van der Waals surface area contributed by atoms with Crippen molar-refractivity contribution >= 4 is 34.1 Å². The third kappa shape index (κ3) is 10.4. The average molecular weight is 940 g/mol. The zero-order chi connectivity index (χ0) is 47.2. The van der Waals surface area contributed by atoms with E-state index >= 15 is 0 Å². The molecule has 1 atom stereocenters. The number of nitrogens with zero attached hydrogens (tertiary/aromatic N) is 2. The molecule has 6 saturated carbocycles. The number of hydrogen-bond acceptors (Lipinski definition) is 3. The Bertz CT molecular complexity index is 2260. The lowest BCUT2D eigenvalue weighted by Crippen LogP contribution is -2.45. The standard InChI is InChI=1S/C66H86N2O2/c69-65-61(51-35-43-59(44-36-51)67(57-39-31-49(32-40-57)47-19-7-1-8-20-47)63(53-23-11-3-12-24-53)54-25-13-4-14-26-54)66(70)62(65)52-37-45-60(46-38-52)68(58-41-33-50(34-42-58)48-21-9-2-10-22-48)64(55-27-15-5-16-28-55)56-29-17-6-18-30-56/h31-48,51,53-56,61,63-64H,1-30H2/p+1. The lowest BCUT2D eigenvalue weighted by atomic mass is 9.70. The van der Waals surface area contributed by atoms with E-state index in [9.17, 15) is 9.90 Å². The topological polar surface area (TPSA) is 43.6 Å². The monoisotopic (exact) mass is 940 g/mol. The minimum Gasteiger partial charge on any atom is -0.511 e. The molecule has 11 rings (SSSR count). The number of rotatable bonds is 13. The maximum absolute atomic E-state index is 14.4. The summed E-state index contributed by atoms with van der Waals surface area (Å²) < 4.78 is 2.76. The molecule has 0 saturated heterocycles. The summed E-state index contributed by atoms with van der Waals surface area (Å²) in [6.45, 7) is 0. The molecule has 0 radical (unpaired) electrons. The maximum Gasteiger partial charge on any atom is 0.205 e. The highest BCUT2D eigenvalue weighted by atomic mass is 16.3. The first-order valence-corrected chi connectivity index (χ1v) is 29.7. The summed E-state index contributed by atoms with van der Waals surface area (Å²) in [6, 6.07) is 29.4. The van der Waals surface area contributed by atoms with Crippen molar-refractivity contribution in [3.63, 3.8) is 0 Å². The van der Waals surface area contributed by atoms with Gasteiger partial charge in [-0.2, -0.15) is 4.58 Å². The highest BCUT2D eigenvalue weighted by Crippen LogP contribution is 2.47. The second-order valence-electron chi connectivity index (χ2n) is 24.0. The summed E-state index contributed by atoms with van der Waals surface area (Å²) in [5.74, 6) is 3.81. The Morgan fingerprint density at radius 3 is 1.27 bits per heavy atom. The molecule has 3 aromatic carbocycles. The molecular weight excluding hydrogens is 853 g/mol. The van der Waals surface area contributed by atoms with Crippen LogP contribution < -0.4 is 4.90 Å². The van der Waals surface area contributed by atoms with Crippen molar-refractivity contribution < 1.29 is 14.5 Å². The average Bonchev–Trinajstić information content (AvgIpc) is 3.44. The van der Waals surface area contributed by atoms with Gasteiger partial charge in [-0.3, -0.25) is 4.79 Å². The molecular formula is C66H87N2O2+. The van der Waals surface area contributed by atoms with Crippen molar-refractivity contribution in [2.24, 2.45) is 35.5 Å². The summed E-state index contributed by atoms with van der Waals surface area (Å²) in [7, 11) is 0. The third-order valence-electron chi connectivity index (χ3n) is 19.8. The molecule has 0 amide bonds. The van der Waals surface area contributed by atoms with Crippen molar-refractivity contribution in [2.75, 3.05) is 4.90 Å². The van der Waals surface area contributed by atoms with E-state index < -0.39 is 5.92 Å². The van der Waals surface area contributed by atoms with Crippen LogP contribution in [-0.4, -0.2) is 33.3 Å². The van der Waals surface area contributed by atoms with Crippen molar-refractivity contribution in [2.45, 2.75) is 217 Å². The molecule has 4 nitrogen and oxygen atoms in total. The number of benzene rings is 3. The Morgan fingerprint density at radius 2 is 0.843 bits per heavy atom. The molecule has 3 aromatic rings.